The summed E-state index contributed by atoms with van der Waals surface area (Å²) in [5.41, 5.74) is 5.70. The number of amides is 1. The molecule has 0 aromatic rings. The molecule has 0 aromatic carbocycles. The van der Waals surface area contributed by atoms with E-state index in [-0.39, 0.29) is 0 Å². The maximum atomic E-state index is 12.3. The highest BCUT2D eigenvalue weighted by atomic mass is 16.2. The van der Waals surface area contributed by atoms with E-state index < -0.39 is 0 Å². The van der Waals surface area contributed by atoms with Gasteiger partial charge in [0.2, 0.25) is 5.91 Å². The van der Waals surface area contributed by atoms with Crippen molar-refractivity contribution >= 4 is 5.91 Å². The van der Waals surface area contributed by atoms with Gasteiger partial charge < -0.3 is 10.6 Å². The molecule has 0 saturated carbocycles. The Morgan fingerprint density at radius 3 is 2.72 bits per heavy atom. The van der Waals surface area contributed by atoms with Gasteiger partial charge in [0.25, 0.3) is 0 Å². The highest BCUT2D eigenvalue weighted by Crippen LogP contribution is 2.28. The Bertz CT molecular complexity index is 291. The Labute approximate surface area is 110 Å². The standard InChI is InChI=1S/C14H27N3O/c1-3-11(9-15)8-14(18)17-7-6-12-4-5-13(10-17)16(12)2/h11-13H,3-10,15H2,1-2H3. The molecule has 3 atom stereocenters. The van der Waals surface area contributed by atoms with Crippen molar-refractivity contribution in [2.75, 3.05) is 26.7 Å². The van der Waals surface area contributed by atoms with E-state index in [2.05, 4.69) is 23.8 Å². The van der Waals surface area contributed by atoms with Crippen molar-refractivity contribution in [2.24, 2.45) is 11.7 Å². The third-order valence-corrected chi connectivity index (χ3v) is 4.88. The number of fused-ring (bicyclic) bond motifs is 2. The zero-order valence-electron chi connectivity index (χ0n) is 11.8. The van der Waals surface area contributed by atoms with E-state index in [1.807, 2.05) is 0 Å². The number of carbonyl (C=O) groups excluding carboxylic acids is 1. The Morgan fingerprint density at radius 2 is 2.06 bits per heavy atom. The van der Waals surface area contributed by atoms with E-state index in [0.29, 0.717) is 36.9 Å². The van der Waals surface area contributed by atoms with Gasteiger partial charge in [0, 0.05) is 31.6 Å². The van der Waals surface area contributed by atoms with Crippen molar-refractivity contribution in [3.8, 4) is 0 Å². The molecular formula is C14H27N3O. The maximum absolute atomic E-state index is 12.3. The van der Waals surface area contributed by atoms with Crippen LogP contribution in [0.1, 0.15) is 39.0 Å². The van der Waals surface area contributed by atoms with Gasteiger partial charge in [-0.3, -0.25) is 9.69 Å². The second-order valence-electron chi connectivity index (χ2n) is 5.89. The number of nitrogens with two attached hydrogens (primary N) is 1. The van der Waals surface area contributed by atoms with Crippen LogP contribution in [0.2, 0.25) is 0 Å². The number of likely N-dealkylation sites (tertiary alicyclic amines) is 1. The molecule has 2 N–H and O–H groups in total. The number of carbonyl (C=O) groups is 1. The van der Waals surface area contributed by atoms with Gasteiger partial charge in [0.15, 0.2) is 0 Å². The van der Waals surface area contributed by atoms with Crippen LogP contribution in [0.4, 0.5) is 0 Å². The van der Waals surface area contributed by atoms with E-state index in [1.165, 1.54) is 12.8 Å². The van der Waals surface area contributed by atoms with Gasteiger partial charge in [-0.1, -0.05) is 13.3 Å². The van der Waals surface area contributed by atoms with Gasteiger partial charge in [-0.25, -0.2) is 0 Å². The molecule has 18 heavy (non-hydrogen) atoms. The molecule has 2 rings (SSSR count). The Hall–Kier alpha value is -0.610. The smallest absolute Gasteiger partial charge is 0.222 e. The molecule has 0 aromatic heterocycles. The van der Waals surface area contributed by atoms with Crippen LogP contribution in [0.3, 0.4) is 0 Å². The quantitative estimate of drug-likeness (QED) is 0.815. The third kappa shape index (κ3) is 2.86. The number of likely N-dealkylation sites (N-methyl/N-ethyl adjacent to an activating group) is 1. The first-order chi connectivity index (χ1) is 8.65. The lowest BCUT2D eigenvalue weighted by atomic mass is 10.0. The first kappa shape index (κ1) is 13.8. The molecule has 2 bridgehead atoms. The normalized spacial score (nSPS) is 30.3. The summed E-state index contributed by atoms with van der Waals surface area (Å²) < 4.78 is 0. The van der Waals surface area contributed by atoms with E-state index in [0.717, 1.165) is 25.9 Å². The van der Waals surface area contributed by atoms with Crippen LogP contribution in [0.5, 0.6) is 0 Å². The molecule has 2 heterocycles. The summed E-state index contributed by atoms with van der Waals surface area (Å²) in [4.78, 5) is 16.9. The van der Waals surface area contributed by atoms with E-state index >= 15 is 0 Å². The van der Waals surface area contributed by atoms with Crippen LogP contribution in [0, 0.1) is 5.92 Å². The summed E-state index contributed by atoms with van der Waals surface area (Å²) in [6.45, 7) is 4.60. The number of rotatable bonds is 4. The molecule has 0 spiro atoms. The van der Waals surface area contributed by atoms with Gasteiger partial charge in [-0.05, 0) is 38.8 Å². The van der Waals surface area contributed by atoms with Gasteiger partial charge >= 0.3 is 0 Å². The molecule has 0 radical (unpaired) electrons. The second kappa shape index (κ2) is 6.02. The minimum absolute atomic E-state index is 0.313. The van der Waals surface area contributed by atoms with Crippen molar-refractivity contribution in [3.63, 3.8) is 0 Å². The Kier molecular flexibility index (Phi) is 4.62. The lowest BCUT2D eigenvalue weighted by Crippen LogP contribution is -2.40. The minimum atomic E-state index is 0.313. The van der Waals surface area contributed by atoms with E-state index in [9.17, 15) is 4.79 Å². The summed E-state index contributed by atoms with van der Waals surface area (Å²) in [6, 6.07) is 1.28. The van der Waals surface area contributed by atoms with Crippen molar-refractivity contribution in [1.82, 2.24) is 9.80 Å². The molecule has 2 aliphatic heterocycles. The number of hydrogen-bond donors (Lipinski definition) is 1. The van der Waals surface area contributed by atoms with Crippen LogP contribution in [-0.4, -0.2) is 54.5 Å². The van der Waals surface area contributed by atoms with Crippen molar-refractivity contribution in [2.45, 2.75) is 51.1 Å². The first-order valence-electron chi connectivity index (χ1n) is 7.35. The predicted molar refractivity (Wildman–Crippen MR) is 73.2 cm³/mol. The predicted octanol–water partition coefficient (Wildman–Crippen LogP) is 1.06. The van der Waals surface area contributed by atoms with E-state index in [4.69, 9.17) is 5.73 Å². The fourth-order valence-corrected chi connectivity index (χ4v) is 3.31. The molecule has 4 nitrogen and oxygen atoms in total. The molecule has 3 unspecified atom stereocenters. The van der Waals surface area contributed by atoms with Crippen molar-refractivity contribution < 1.29 is 4.79 Å². The summed E-state index contributed by atoms with van der Waals surface area (Å²) in [5, 5.41) is 0. The molecule has 1 amide bonds. The lowest BCUT2D eigenvalue weighted by molar-refractivity contribution is -0.132. The summed E-state index contributed by atoms with van der Waals surface area (Å²) in [5.74, 6) is 0.670. The van der Waals surface area contributed by atoms with E-state index in [1.54, 1.807) is 0 Å². The number of nitrogens with zero attached hydrogens (tertiary/aromatic N) is 2. The Morgan fingerprint density at radius 1 is 1.33 bits per heavy atom. The molecule has 104 valence electrons. The van der Waals surface area contributed by atoms with Gasteiger partial charge in [0.1, 0.15) is 0 Å². The maximum Gasteiger partial charge on any atom is 0.222 e. The largest absolute Gasteiger partial charge is 0.341 e. The molecular weight excluding hydrogens is 226 g/mol. The molecule has 4 heteroatoms. The fourth-order valence-electron chi connectivity index (χ4n) is 3.31. The monoisotopic (exact) mass is 253 g/mol. The molecule has 2 aliphatic rings. The van der Waals surface area contributed by atoms with Crippen LogP contribution in [0.25, 0.3) is 0 Å². The average Bonchev–Trinajstić information content (AvgIpc) is 2.60. The summed E-state index contributed by atoms with van der Waals surface area (Å²) in [6.07, 6.45) is 5.33. The molecule has 0 aliphatic carbocycles. The van der Waals surface area contributed by atoms with Crippen molar-refractivity contribution in [1.29, 1.82) is 0 Å². The topological polar surface area (TPSA) is 49.6 Å². The Balaban J connectivity index is 1.91. The van der Waals surface area contributed by atoms with Crippen molar-refractivity contribution in [3.05, 3.63) is 0 Å². The zero-order chi connectivity index (χ0) is 13.1. The van der Waals surface area contributed by atoms with Crippen LogP contribution < -0.4 is 5.73 Å². The van der Waals surface area contributed by atoms with Crippen LogP contribution >= 0.6 is 0 Å². The van der Waals surface area contributed by atoms with Crippen LogP contribution in [0.15, 0.2) is 0 Å². The number of hydrogen-bond acceptors (Lipinski definition) is 3. The molecule has 2 saturated heterocycles. The second-order valence-corrected chi connectivity index (χ2v) is 5.89. The summed E-state index contributed by atoms with van der Waals surface area (Å²) >= 11 is 0. The van der Waals surface area contributed by atoms with Gasteiger partial charge in [-0.2, -0.15) is 0 Å². The fraction of sp³-hybridized carbons (Fsp3) is 0.929. The zero-order valence-corrected chi connectivity index (χ0v) is 11.8. The van der Waals surface area contributed by atoms with Gasteiger partial charge in [-0.15, -0.1) is 0 Å². The minimum Gasteiger partial charge on any atom is -0.341 e. The third-order valence-electron chi connectivity index (χ3n) is 4.88. The SMILES string of the molecule is CCC(CN)CC(=O)N1CCC2CCC(C1)N2C. The van der Waals surface area contributed by atoms with Crippen LogP contribution in [-0.2, 0) is 4.79 Å². The highest BCUT2D eigenvalue weighted by Gasteiger charge is 2.35. The molecule has 2 fully saturated rings. The average molecular weight is 253 g/mol. The summed E-state index contributed by atoms with van der Waals surface area (Å²) in [7, 11) is 2.21. The lowest BCUT2D eigenvalue weighted by Gasteiger charge is -2.27. The highest BCUT2D eigenvalue weighted by molar-refractivity contribution is 5.76. The van der Waals surface area contributed by atoms with Gasteiger partial charge in [0.05, 0.1) is 0 Å². The first-order valence-corrected chi connectivity index (χ1v) is 7.35.